The molecule has 0 radical (unpaired) electrons. The van der Waals surface area contributed by atoms with E-state index in [1.54, 1.807) is 18.6 Å². The molecule has 0 bridgehead atoms. The van der Waals surface area contributed by atoms with Gasteiger partial charge in [-0.2, -0.15) is 0 Å². The number of nitrogens with one attached hydrogen (secondary N) is 4. The zero-order valence-electron chi connectivity index (χ0n) is 19.2. The number of aromatic nitrogens is 5. The highest BCUT2D eigenvalue weighted by molar-refractivity contribution is 5.99. The second-order valence-electron chi connectivity index (χ2n) is 8.67. The maximum Gasteiger partial charge on any atom is 0.261 e. The molecule has 4 heterocycles. The Hall–Kier alpha value is -4.08. The highest BCUT2D eigenvalue weighted by Crippen LogP contribution is 2.33. The molecule has 0 aliphatic carbocycles. The summed E-state index contributed by atoms with van der Waals surface area (Å²) in [5, 5.41) is 7.76. The maximum absolute atomic E-state index is 13.4. The summed E-state index contributed by atoms with van der Waals surface area (Å²) in [6.45, 7) is 4.31. The summed E-state index contributed by atoms with van der Waals surface area (Å²) in [5.74, 6) is 0.501. The highest BCUT2D eigenvalue weighted by Gasteiger charge is 2.21. The van der Waals surface area contributed by atoms with Gasteiger partial charge in [-0.1, -0.05) is 24.3 Å². The Bertz CT molecular complexity index is 1560. The Balaban J connectivity index is 1.47. The molecule has 6 rings (SSSR count). The molecule has 2 unspecified atom stereocenters. The summed E-state index contributed by atoms with van der Waals surface area (Å²) >= 11 is 0. The van der Waals surface area contributed by atoms with Gasteiger partial charge in [-0.15, -0.1) is 0 Å². The van der Waals surface area contributed by atoms with E-state index in [0.717, 1.165) is 46.3 Å². The van der Waals surface area contributed by atoms with E-state index in [-0.39, 0.29) is 17.7 Å². The minimum atomic E-state index is -0.225. The van der Waals surface area contributed by atoms with Crippen molar-refractivity contribution in [3.63, 3.8) is 0 Å². The summed E-state index contributed by atoms with van der Waals surface area (Å²) in [5.41, 5.74) is 5.15. The molecule has 2 atom stereocenters. The molecule has 2 aromatic carbocycles. The number of rotatable bonds is 5. The fourth-order valence-electron chi connectivity index (χ4n) is 4.57. The van der Waals surface area contributed by atoms with Crippen molar-refractivity contribution in [1.82, 2.24) is 30.2 Å². The minimum absolute atomic E-state index is 0.00553. The highest BCUT2D eigenvalue weighted by atomic mass is 16.5. The Labute approximate surface area is 201 Å². The second-order valence-corrected chi connectivity index (χ2v) is 8.67. The van der Waals surface area contributed by atoms with Crippen LogP contribution in [0.25, 0.3) is 33.3 Å². The van der Waals surface area contributed by atoms with Crippen LogP contribution in [0.4, 0.5) is 5.69 Å². The van der Waals surface area contributed by atoms with Gasteiger partial charge in [0.05, 0.1) is 52.9 Å². The first-order valence-electron chi connectivity index (χ1n) is 11.7. The number of pyridine rings is 1. The number of hydrogen-bond donors (Lipinski definition) is 4. The molecular weight excluding hydrogens is 442 g/mol. The molecule has 9 heteroatoms. The van der Waals surface area contributed by atoms with E-state index in [1.165, 1.54) is 0 Å². The average molecular weight is 468 g/mol. The standard InChI is InChI=1S/C26H25N7O2/c1-15(21-13-27-8-9-29-21)30-24-17-4-2-3-5-18(17)33-26(34)23(24)25-31-19-7-6-16(12-20(19)32-25)22-14-28-10-11-35-22/h2-9,12-13,15,22,28H,10-11,14H2,1H3,(H,31,32)(H2,30,33,34). The lowest BCUT2D eigenvalue weighted by molar-refractivity contribution is 0.0278. The van der Waals surface area contributed by atoms with E-state index in [1.807, 2.05) is 49.4 Å². The number of anilines is 1. The Kier molecular flexibility index (Phi) is 5.48. The Morgan fingerprint density at radius 2 is 2.03 bits per heavy atom. The van der Waals surface area contributed by atoms with Crippen LogP contribution in [0.15, 0.2) is 65.8 Å². The Morgan fingerprint density at radius 3 is 2.86 bits per heavy atom. The smallest absolute Gasteiger partial charge is 0.261 e. The first kappa shape index (κ1) is 21.5. The number of H-pyrrole nitrogens is 2. The number of imidazole rings is 1. The number of fused-ring (bicyclic) bond motifs is 2. The van der Waals surface area contributed by atoms with Gasteiger partial charge in [-0.3, -0.25) is 14.8 Å². The lowest BCUT2D eigenvalue weighted by atomic mass is 10.1. The van der Waals surface area contributed by atoms with Crippen LogP contribution in [-0.4, -0.2) is 44.6 Å². The first-order valence-corrected chi connectivity index (χ1v) is 11.7. The maximum atomic E-state index is 13.4. The Morgan fingerprint density at radius 1 is 1.11 bits per heavy atom. The van der Waals surface area contributed by atoms with E-state index in [2.05, 4.69) is 30.6 Å². The van der Waals surface area contributed by atoms with Gasteiger partial charge >= 0.3 is 0 Å². The number of morpholine rings is 1. The molecule has 3 aromatic heterocycles. The summed E-state index contributed by atoms with van der Waals surface area (Å²) in [7, 11) is 0. The topological polar surface area (TPSA) is 121 Å². The number of nitrogens with zero attached hydrogens (tertiary/aromatic N) is 3. The van der Waals surface area contributed by atoms with Gasteiger partial charge in [0.15, 0.2) is 0 Å². The number of benzene rings is 2. The van der Waals surface area contributed by atoms with Crippen LogP contribution in [0.3, 0.4) is 0 Å². The molecule has 9 nitrogen and oxygen atoms in total. The van der Waals surface area contributed by atoms with Crippen molar-refractivity contribution in [3.8, 4) is 11.4 Å². The monoisotopic (exact) mass is 467 g/mol. The number of aromatic amines is 2. The second kappa shape index (κ2) is 8.94. The predicted octanol–water partition coefficient (Wildman–Crippen LogP) is 3.70. The van der Waals surface area contributed by atoms with Gasteiger partial charge < -0.3 is 25.3 Å². The third kappa shape index (κ3) is 4.05. The van der Waals surface area contributed by atoms with Crippen molar-refractivity contribution in [2.45, 2.75) is 19.1 Å². The lowest BCUT2D eigenvalue weighted by Crippen LogP contribution is -2.33. The largest absolute Gasteiger partial charge is 0.376 e. The van der Waals surface area contributed by atoms with Gasteiger partial charge in [-0.25, -0.2) is 4.98 Å². The zero-order valence-corrected chi connectivity index (χ0v) is 19.2. The molecule has 4 N–H and O–H groups in total. The molecule has 1 saturated heterocycles. The third-order valence-corrected chi connectivity index (χ3v) is 6.35. The van der Waals surface area contributed by atoms with Crippen molar-refractivity contribution in [2.75, 3.05) is 25.0 Å². The molecule has 1 aliphatic heterocycles. The normalized spacial score (nSPS) is 17.0. The zero-order chi connectivity index (χ0) is 23.8. The van der Waals surface area contributed by atoms with Crippen molar-refractivity contribution in [2.24, 2.45) is 0 Å². The molecule has 176 valence electrons. The molecule has 0 saturated carbocycles. The quantitative estimate of drug-likeness (QED) is 0.311. The van der Waals surface area contributed by atoms with Gasteiger partial charge in [0, 0.05) is 30.9 Å². The van der Waals surface area contributed by atoms with Crippen LogP contribution in [-0.2, 0) is 4.74 Å². The fourth-order valence-corrected chi connectivity index (χ4v) is 4.57. The van der Waals surface area contributed by atoms with Gasteiger partial charge in [0.25, 0.3) is 5.56 Å². The van der Waals surface area contributed by atoms with Crippen LogP contribution < -0.4 is 16.2 Å². The van der Waals surface area contributed by atoms with Crippen LogP contribution in [0.5, 0.6) is 0 Å². The minimum Gasteiger partial charge on any atom is -0.376 e. The van der Waals surface area contributed by atoms with Crippen molar-refractivity contribution in [3.05, 3.63) is 82.7 Å². The van der Waals surface area contributed by atoms with Crippen LogP contribution in [0.2, 0.25) is 0 Å². The summed E-state index contributed by atoms with van der Waals surface area (Å²) in [6, 6.07) is 13.6. The number of ether oxygens (including phenoxy) is 1. The lowest BCUT2D eigenvalue weighted by Gasteiger charge is -2.23. The van der Waals surface area contributed by atoms with E-state index >= 15 is 0 Å². The van der Waals surface area contributed by atoms with E-state index in [4.69, 9.17) is 9.72 Å². The van der Waals surface area contributed by atoms with Crippen LogP contribution in [0.1, 0.15) is 30.3 Å². The van der Waals surface area contributed by atoms with E-state index in [0.29, 0.717) is 23.7 Å². The number of hydrogen-bond acceptors (Lipinski definition) is 7. The molecule has 35 heavy (non-hydrogen) atoms. The SMILES string of the molecule is CC(Nc1c(-c2nc3ccc(C4CNCCO4)cc3[nH]2)c(=O)[nH]c2ccccc12)c1cnccn1. The number of para-hydroxylation sites is 1. The van der Waals surface area contributed by atoms with Gasteiger partial charge in [0.1, 0.15) is 11.4 Å². The molecule has 5 aromatic rings. The summed E-state index contributed by atoms with van der Waals surface area (Å²) in [6.07, 6.45) is 5.01. The van der Waals surface area contributed by atoms with Gasteiger partial charge in [0.2, 0.25) is 0 Å². The molecule has 0 spiro atoms. The summed E-state index contributed by atoms with van der Waals surface area (Å²) in [4.78, 5) is 33.1. The predicted molar refractivity (Wildman–Crippen MR) is 135 cm³/mol. The van der Waals surface area contributed by atoms with E-state index in [9.17, 15) is 4.79 Å². The summed E-state index contributed by atoms with van der Waals surface area (Å²) < 4.78 is 5.90. The van der Waals surface area contributed by atoms with E-state index < -0.39 is 0 Å². The average Bonchev–Trinajstić information content (AvgIpc) is 3.32. The van der Waals surface area contributed by atoms with Gasteiger partial charge in [-0.05, 0) is 30.7 Å². The van der Waals surface area contributed by atoms with Crippen LogP contribution in [0, 0.1) is 0 Å². The van der Waals surface area contributed by atoms with Crippen LogP contribution >= 0.6 is 0 Å². The molecular formula is C26H25N7O2. The molecule has 1 fully saturated rings. The first-order chi connectivity index (χ1) is 17.2. The van der Waals surface area contributed by atoms with Crippen molar-refractivity contribution >= 4 is 27.6 Å². The molecule has 1 aliphatic rings. The fraction of sp³-hybridized carbons (Fsp3) is 0.231. The van der Waals surface area contributed by atoms with Crippen molar-refractivity contribution in [1.29, 1.82) is 0 Å². The molecule has 0 amide bonds. The van der Waals surface area contributed by atoms with Crippen molar-refractivity contribution < 1.29 is 4.74 Å². The third-order valence-electron chi connectivity index (χ3n) is 6.35.